The number of ether oxygens (including phenoxy) is 4. The van der Waals surface area contributed by atoms with E-state index in [1.54, 1.807) is 24.0 Å². The molecular weight excluding hydrogens is 1890 g/mol. The molecule has 0 saturated heterocycles. The van der Waals surface area contributed by atoms with E-state index >= 15 is 0 Å². The number of nitrogens with zero attached hydrogens (tertiary/aromatic N) is 2. The highest BCUT2D eigenvalue weighted by molar-refractivity contribution is 8.06. The average Bonchev–Trinajstić information content (AvgIpc) is 1.58. The number of aromatic nitrogens is 2. The molecule has 3 aromatic heterocycles. The fraction of sp³-hybridized carbons (Fsp3) is 0.279. The van der Waals surface area contributed by atoms with Gasteiger partial charge in [0, 0.05) is 73.7 Å². The molecule has 0 radical (unpaired) electrons. The van der Waals surface area contributed by atoms with E-state index in [-0.39, 0.29) is 16.2 Å². The number of thioether (sulfide) groups is 2. The van der Waals surface area contributed by atoms with Crippen LogP contribution >= 0.6 is 57.9 Å². The lowest BCUT2D eigenvalue weighted by Crippen LogP contribution is -2.15. The van der Waals surface area contributed by atoms with Crippen LogP contribution in [0.3, 0.4) is 0 Å². The van der Waals surface area contributed by atoms with E-state index in [4.69, 9.17) is 18.9 Å². The number of thiophene rings is 2. The third kappa shape index (κ3) is 26.4. The Morgan fingerprint density at radius 2 is 0.646 bits per heavy atom. The lowest BCUT2D eigenvalue weighted by atomic mass is 9.81. The lowest BCUT2D eigenvalue weighted by molar-refractivity contribution is 0.255. The molecule has 147 heavy (non-hydrogen) atoms. The second-order valence-corrected chi connectivity index (χ2v) is 46.5. The molecule has 0 fully saturated rings. The minimum atomic E-state index is 0.00178. The van der Waals surface area contributed by atoms with Crippen molar-refractivity contribution in [1.29, 1.82) is 0 Å². The maximum atomic E-state index is 6.15. The Kier molecular flexibility index (Phi) is 37.4. The molecule has 1 aliphatic heterocycles. The number of aryl methyl sites for hydroxylation is 11. The zero-order valence-corrected chi connectivity index (χ0v) is 95.6. The molecule has 3 aliphatic carbocycles. The molecule has 0 N–H and O–H groups in total. The molecule has 4 heterocycles. The molecule has 0 bridgehead atoms. The van der Waals surface area contributed by atoms with Crippen LogP contribution in [-0.2, 0) is 16.2 Å². The van der Waals surface area contributed by atoms with Gasteiger partial charge in [-0.05, 0) is 303 Å². The summed E-state index contributed by atoms with van der Waals surface area (Å²) in [7, 11) is 3.40. The SMILES string of the molecule is C/C=C/c1cc(OC)c(C)cc1OCC(C)CC.C/C=C/c1ccc(-c2ccc(/C=C/c3cc(OC)c(C)cc3OCC(C)CC)cc2)cc1.C/C=C/c1ccc2c(c1)C(C)(C)c1cc(/C=C/c3ccc(-c4ccc(C)cc4)cc3)ccc1-2.C/C=C/c1sc(C)cc1C.Cc1ccc2c(c1)C(C)(C)c1cc(-c3ccc(C)c4nsnc34)ccc1-2.Cc1ccc2c(c1)C(C)(C)c1cc(C)ccc1-2.Cc1sc(C)c2c1SCCS2. The summed E-state index contributed by atoms with van der Waals surface area (Å²) in [6.07, 6.45) is 27.7. The van der Waals surface area contributed by atoms with E-state index in [2.05, 4.69) is 458 Å². The second kappa shape index (κ2) is 49.9. The summed E-state index contributed by atoms with van der Waals surface area (Å²) >= 11 is 9.14. The van der Waals surface area contributed by atoms with Crippen LogP contribution in [0.5, 0.6) is 23.0 Å². The van der Waals surface area contributed by atoms with E-state index in [9.17, 15) is 0 Å². The third-order valence-electron chi connectivity index (χ3n) is 28.5. The zero-order valence-electron chi connectivity index (χ0n) is 91.6. The van der Waals surface area contributed by atoms with Gasteiger partial charge in [-0.1, -0.05) is 383 Å². The number of methoxy groups -OCH3 is 2. The molecule has 13 aromatic carbocycles. The summed E-state index contributed by atoms with van der Waals surface area (Å²) in [6.45, 7) is 56.0. The van der Waals surface area contributed by atoms with E-state index in [0.717, 1.165) is 81.3 Å². The Hall–Kier alpha value is -12.6. The summed E-state index contributed by atoms with van der Waals surface area (Å²) in [5.74, 6) is 7.28. The Labute approximate surface area is 899 Å². The number of hydrogen-bond acceptors (Lipinski definition) is 11. The molecule has 2 atom stereocenters. The van der Waals surface area contributed by atoms with E-state index < -0.39 is 0 Å². The Morgan fingerprint density at radius 1 is 0.306 bits per heavy atom. The van der Waals surface area contributed by atoms with Crippen LogP contribution in [-0.4, -0.2) is 47.7 Å². The van der Waals surface area contributed by atoms with Gasteiger partial charge in [-0.3, -0.25) is 0 Å². The van der Waals surface area contributed by atoms with Crippen molar-refractivity contribution in [3.63, 3.8) is 0 Å². The zero-order chi connectivity index (χ0) is 105. The first kappa shape index (κ1) is 110. The molecule has 16 aromatic rings. The smallest absolute Gasteiger partial charge is 0.127 e. The van der Waals surface area contributed by atoms with Crippen LogP contribution in [0, 0.1) is 88.0 Å². The molecule has 756 valence electrons. The summed E-state index contributed by atoms with van der Waals surface area (Å²) in [5.41, 5.74) is 44.6. The van der Waals surface area contributed by atoms with Gasteiger partial charge in [-0.15, -0.1) is 46.2 Å². The average molecular weight is 2040 g/mol. The first-order chi connectivity index (χ1) is 70.6. The van der Waals surface area contributed by atoms with Crippen LogP contribution in [0.15, 0.2) is 283 Å². The van der Waals surface area contributed by atoms with Crippen molar-refractivity contribution in [2.45, 2.75) is 212 Å². The highest BCUT2D eigenvalue weighted by atomic mass is 32.2. The molecule has 0 spiro atoms. The van der Waals surface area contributed by atoms with Crippen LogP contribution in [0.25, 0.3) is 126 Å². The van der Waals surface area contributed by atoms with E-state index in [0.29, 0.717) is 18.4 Å². The van der Waals surface area contributed by atoms with Gasteiger partial charge in [0.25, 0.3) is 0 Å². The van der Waals surface area contributed by atoms with E-state index in [1.807, 2.05) is 92.1 Å². The number of allylic oxidation sites excluding steroid dienone is 4. The predicted octanol–water partition coefficient (Wildman–Crippen LogP) is 39.8. The molecule has 0 saturated carbocycles. The Bertz CT molecular complexity index is 7410. The molecule has 4 aliphatic rings. The summed E-state index contributed by atoms with van der Waals surface area (Å²) in [6, 6.07) is 90.6. The first-order valence-corrected chi connectivity index (χ1v) is 56.2. The van der Waals surface area contributed by atoms with Crippen molar-refractivity contribution in [3.05, 3.63) is 409 Å². The van der Waals surface area contributed by atoms with Gasteiger partial charge in [0.05, 0.1) is 39.2 Å². The minimum absolute atomic E-state index is 0.00178. The van der Waals surface area contributed by atoms with Gasteiger partial charge in [0.2, 0.25) is 0 Å². The maximum absolute atomic E-state index is 6.15. The number of benzene rings is 13. The van der Waals surface area contributed by atoms with Crippen LogP contribution in [0.1, 0.15) is 246 Å². The molecule has 0 amide bonds. The van der Waals surface area contributed by atoms with Gasteiger partial charge in [-0.25, -0.2) is 0 Å². The molecule has 11 heteroatoms. The summed E-state index contributed by atoms with van der Waals surface area (Å²) in [4.78, 5) is 8.92. The Morgan fingerprint density at radius 3 is 1.06 bits per heavy atom. The summed E-state index contributed by atoms with van der Waals surface area (Å²) in [5, 5.41) is 0. The minimum Gasteiger partial charge on any atom is -0.496 e. The van der Waals surface area contributed by atoms with Crippen LogP contribution in [0.4, 0.5) is 0 Å². The van der Waals surface area contributed by atoms with Crippen LogP contribution in [0.2, 0.25) is 0 Å². The molecule has 2 unspecified atom stereocenters. The van der Waals surface area contributed by atoms with Crippen molar-refractivity contribution in [2.24, 2.45) is 11.8 Å². The fourth-order valence-corrected chi connectivity index (χ4v) is 25.1. The van der Waals surface area contributed by atoms with Gasteiger partial charge in [0.15, 0.2) is 0 Å². The largest absolute Gasteiger partial charge is 0.496 e. The maximum Gasteiger partial charge on any atom is 0.127 e. The molecule has 6 nitrogen and oxygen atoms in total. The molecular formula is C136H148N2O4S5. The van der Waals surface area contributed by atoms with Crippen molar-refractivity contribution >= 4 is 118 Å². The molecule has 20 rings (SSSR count). The predicted molar refractivity (Wildman–Crippen MR) is 647 cm³/mol. The normalized spacial score (nSPS) is 13.8. The van der Waals surface area contributed by atoms with Gasteiger partial charge >= 0.3 is 0 Å². The second-order valence-electron chi connectivity index (χ2n) is 41.0. The van der Waals surface area contributed by atoms with Crippen molar-refractivity contribution in [1.82, 2.24) is 8.75 Å². The number of rotatable bonds is 21. The summed E-state index contributed by atoms with van der Waals surface area (Å²) < 4.78 is 32.0. The highest BCUT2D eigenvalue weighted by Gasteiger charge is 2.39. The van der Waals surface area contributed by atoms with Gasteiger partial charge in [0.1, 0.15) is 34.0 Å². The van der Waals surface area contributed by atoms with Gasteiger partial charge < -0.3 is 18.9 Å². The standard InChI is InChI=1S/C33H30.C30H34O2.C23H20N2S.C17H18.C16H24O2.C9H12S.C8H10S3/c1-5-6-25-13-19-29-30-20-14-26(22-32(30)33(3,4)31(29)21-25)10-9-24-11-17-28(18-12-24)27-15-7-23(2)8-16-27;1-6-8-24-9-14-26(15-10-24)27-16-11-25(12-17-27)13-18-28-20-29(31-5)23(4)19-30(28)32-21-22(3)7-2;1-13-5-8-17-18-10-7-15(12-20(18)23(3,4)19(17)11-13)16-9-6-14(2)21-22(16)25-26-24-21;1-11-5-7-13-14-8-6-12(2)10-16(14)17(3,4)15(13)9-11;1-6-8-14-10-15(17-5)13(4)9-16(14)18-11-12(3)7-2;1-4-5-9-7(2)6-8(3)10-9;1-5-7-8(6(2)11-5)10-4-3-9-7/h5-22H,1-4H3;6,8-20,22H,7,21H2,1-5H3;5-12H,1-4H3;5-10H,1-4H3;6,8-10,12H,7,11H2,1-5H3;4-6H,1-3H3;3-4H2,1-2H3/b6-5+,10-9+;8-6+,18-13+;;;8-6+;5-4+;. The topological polar surface area (TPSA) is 62.7 Å². The van der Waals surface area contributed by atoms with Gasteiger partial charge in [-0.2, -0.15) is 8.75 Å². The first-order valence-electron chi connectivity index (χ1n) is 51.9. The number of hydrogen-bond donors (Lipinski definition) is 0. The van der Waals surface area contributed by atoms with Crippen LogP contribution < -0.4 is 18.9 Å². The third-order valence-corrected chi connectivity index (χ3v) is 34.3. The van der Waals surface area contributed by atoms with Crippen molar-refractivity contribution in [3.8, 4) is 89.8 Å². The lowest BCUT2D eigenvalue weighted by Gasteiger charge is -2.22. The fourth-order valence-electron chi connectivity index (χ4n) is 19.5. The number of fused-ring (bicyclic) bond motifs is 11. The monoisotopic (exact) mass is 2030 g/mol. The van der Waals surface area contributed by atoms with Crippen molar-refractivity contribution < 1.29 is 18.9 Å². The highest BCUT2D eigenvalue weighted by Crippen LogP contribution is 2.54. The Balaban J connectivity index is 0.000000140. The quantitative estimate of drug-likeness (QED) is 0.0660. The van der Waals surface area contributed by atoms with Crippen molar-refractivity contribution in [2.75, 3.05) is 38.9 Å². The van der Waals surface area contributed by atoms with E-state index in [1.165, 1.54) is 199 Å².